The van der Waals surface area contributed by atoms with Gasteiger partial charge in [-0.3, -0.25) is 14.4 Å². The lowest BCUT2D eigenvalue weighted by atomic mass is 10.0. The highest BCUT2D eigenvalue weighted by molar-refractivity contribution is 5.91. The lowest BCUT2D eigenvalue weighted by molar-refractivity contribution is -0.142. The number of aromatic nitrogens is 1. The van der Waals surface area contributed by atoms with Gasteiger partial charge in [-0.25, -0.2) is 9.37 Å². The van der Waals surface area contributed by atoms with Crippen molar-refractivity contribution >= 4 is 23.5 Å². The van der Waals surface area contributed by atoms with Gasteiger partial charge in [0.2, 0.25) is 24.5 Å². The van der Waals surface area contributed by atoms with Crippen molar-refractivity contribution in [1.29, 1.82) is 0 Å². The van der Waals surface area contributed by atoms with E-state index in [1.165, 1.54) is 29.2 Å². The summed E-state index contributed by atoms with van der Waals surface area (Å²) >= 11 is 0. The molecule has 1 aliphatic heterocycles. The van der Waals surface area contributed by atoms with Gasteiger partial charge in [-0.05, 0) is 66.8 Å². The monoisotopic (exact) mass is 560 g/mol. The second-order valence-corrected chi connectivity index (χ2v) is 10.3. The molecule has 1 aliphatic carbocycles. The summed E-state index contributed by atoms with van der Waals surface area (Å²) in [6.07, 6.45) is 5.82. The maximum Gasteiger partial charge on any atom is 0.247 e. The van der Waals surface area contributed by atoms with Gasteiger partial charge in [0.15, 0.2) is 11.5 Å². The van der Waals surface area contributed by atoms with Crippen LogP contribution >= 0.6 is 0 Å². The highest BCUT2D eigenvalue weighted by atomic mass is 19.1. The Hall–Kier alpha value is -4.47. The Morgan fingerprint density at radius 1 is 0.976 bits per heavy atom. The quantitative estimate of drug-likeness (QED) is 0.346. The van der Waals surface area contributed by atoms with E-state index < -0.39 is 11.9 Å². The molecule has 2 heterocycles. The van der Waals surface area contributed by atoms with Gasteiger partial charge in [-0.15, -0.1) is 0 Å². The zero-order valence-corrected chi connectivity index (χ0v) is 22.7. The number of rotatable bonds is 11. The average Bonchev–Trinajstić information content (AvgIpc) is 3.66. The maximum atomic E-state index is 13.9. The largest absolute Gasteiger partial charge is 0.454 e. The highest BCUT2D eigenvalue weighted by Crippen LogP contribution is 2.34. The number of ether oxygens (including phenoxy) is 2. The third-order valence-electron chi connectivity index (χ3n) is 7.28. The Kier molecular flexibility index (Phi) is 9.08. The van der Waals surface area contributed by atoms with Crippen molar-refractivity contribution in [3.63, 3.8) is 0 Å². The Morgan fingerprint density at radius 2 is 1.76 bits per heavy atom. The van der Waals surface area contributed by atoms with Gasteiger partial charge in [0.25, 0.3) is 0 Å². The molecule has 0 spiro atoms. The highest BCUT2D eigenvalue weighted by Gasteiger charge is 2.33. The van der Waals surface area contributed by atoms with Crippen molar-refractivity contribution in [3.05, 3.63) is 83.8 Å². The number of hydrogen-bond donors (Lipinski definition) is 2. The smallest absolute Gasteiger partial charge is 0.247 e. The van der Waals surface area contributed by atoms with Crippen LogP contribution < -0.4 is 20.1 Å². The van der Waals surface area contributed by atoms with Crippen molar-refractivity contribution in [2.24, 2.45) is 0 Å². The minimum atomic E-state index is -0.989. The number of halogens is 1. The van der Waals surface area contributed by atoms with Gasteiger partial charge in [0.05, 0.1) is 0 Å². The van der Waals surface area contributed by atoms with Crippen LogP contribution in [0, 0.1) is 5.82 Å². The predicted octanol–water partition coefficient (Wildman–Crippen LogP) is 4.89. The molecule has 10 heteroatoms. The van der Waals surface area contributed by atoms with Crippen LogP contribution in [0.2, 0.25) is 0 Å². The summed E-state index contributed by atoms with van der Waals surface area (Å²) in [5.74, 6) is 0.307. The molecule has 0 radical (unpaired) electrons. The molecule has 3 aromatic rings. The van der Waals surface area contributed by atoms with Crippen molar-refractivity contribution in [2.45, 2.75) is 63.6 Å². The Labute approximate surface area is 238 Å². The number of nitrogens with one attached hydrogen (secondary N) is 2. The van der Waals surface area contributed by atoms with Gasteiger partial charge in [0, 0.05) is 31.6 Å². The molecular formula is C31H33FN4O5. The molecule has 2 aliphatic rings. The number of amides is 3. The normalized spacial score (nSPS) is 14.9. The second-order valence-electron chi connectivity index (χ2n) is 10.3. The molecule has 41 heavy (non-hydrogen) atoms. The van der Waals surface area contributed by atoms with E-state index >= 15 is 0 Å². The first-order valence-electron chi connectivity index (χ1n) is 13.9. The first-order chi connectivity index (χ1) is 20.0. The molecule has 0 unspecified atom stereocenters. The molecule has 1 fully saturated rings. The van der Waals surface area contributed by atoms with E-state index in [1.54, 1.807) is 36.5 Å². The van der Waals surface area contributed by atoms with Crippen LogP contribution in [0.1, 0.15) is 62.1 Å². The van der Waals surface area contributed by atoms with Gasteiger partial charge < -0.3 is 25.0 Å². The Balaban J connectivity index is 1.37. The molecule has 1 atom stereocenters. The minimum Gasteiger partial charge on any atom is -0.454 e. The predicted molar refractivity (Wildman–Crippen MR) is 149 cm³/mol. The first-order valence-corrected chi connectivity index (χ1v) is 13.9. The number of hydrogen-bond acceptors (Lipinski definition) is 6. The van der Waals surface area contributed by atoms with Crippen molar-refractivity contribution in [2.75, 3.05) is 12.1 Å². The van der Waals surface area contributed by atoms with E-state index in [2.05, 4.69) is 15.6 Å². The summed E-state index contributed by atoms with van der Waals surface area (Å²) in [7, 11) is 0. The van der Waals surface area contributed by atoms with Crippen molar-refractivity contribution < 1.29 is 28.2 Å². The van der Waals surface area contributed by atoms with Crippen LogP contribution in [0.15, 0.2) is 66.9 Å². The summed E-state index contributed by atoms with van der Waals surface area (Å²) in [6, 6.07) is 15.3. The number of anilines is 1. The molecule has 2 aromatic carbocycles. The van der Waals surface area contributed by atoms with Gasteiger partial charge in [0.1, 0.15) is 17.7 Å². The summed E-state index contributed by atoms with van der Waals surface area (Å²) in [5, 5.41) is 5.83. The topological polar surface area (TPSA) is 110 Å². The molecule has 0 saturated heterocycles. The molecule has 214 valence electrons. The van der Waals surface area contributed by atoms with Crippen LogP contribution in [0.25, 0.3) is 0 Å². The molecule has 9 nitrogen and oxygen atoms in total. The van der Waals surface area contributed by atoms with E-state index in [-0.39, 0.29) is 56.4 Å². The average molecular weight is 561 g/mol. The van der Waals surface area contributed by atoms with Crippen LogP contribution in [0.5, 0.6) is 11.5 Å². The molecule has 2 N–H and O–H groups in total. The van der Waals surface area contributed by atoms with Crippen LogP contribution in [-0.4, -0.2) is 40.4 Å². The fraction of sp³-hybridized carbons (Fsp3) is 0.355. The second kappa shape index (κ2) is 13.3. The van der Waals surface area contributed by atoms with Gasteiger partial charge in [-0.2, -0.15) is 0 Å². The molecule has 3 amide bonds. The fourth-order valence-electron chi connectivity index (χ4n) is 5.21. The van der Waals surface area contributed by atoms with Crippen LogP contribution in [0.3, 0.4) is 0 Å². The van der Waals surface area contributed by atoms with Crippen molar-refractivity contribution in [3.8, 4) is 11.5 Å². The first kappa shape index (κ1) is 28.1. The van der Waals surface area contributed by atoms with Gasteiger partial charge in [-0.1, -0.05) is 37.1 Å². The third kappa shape index (κ3) is 7.39. The molecule has 0 bridgehead atoms. The molecule has 1 saturated carbocycles. The summed E-state index contributed by atoms with van der Waals surface area (Å²) < 4.78 is 24.8. The zero-order valence-electron chi connectivity index (χ0n) is 22.7. The fourth-order valence-corrected chi connectivity index (χ4v) is 5.21. The number of benzene rings is 2. The standard InChI is InChI=1S/C31H33FN4O5/c32-23-14-12-22(13-15-23)30(31(39)34-24-6-1-2-7-24)36(19-21-11-16-25-26(18-21)41-20-40-25)29(38)10-5-9-28(37)35-27-8-3-4-17-33-27/h3-4,8,11-18,24,30H,1-2,5-7,9-10,19-20H2,(H,34,39)(H,33,35,37)/t30-/m0/s1. The van der Waals surface area contributed by atoms with Crippen LogP contribution in [0.4, 0.5) is 10.2 Å². The minimum absolute atomic E-state index is 0.0308. The SMILES string of the molecule is O=C(CCCC(=O)N(Cc1ccc2c(c1)OCO2)[C@H](C(=O)NC1CCCC1)c1ccc(F)cc1)Nc1ccccn1. The molecule has 1 aromatic heterocycles. The summed E-state index contributed by atoms with van der Waals surface area (Å²) in [6.45, 7) is 0.222. The summed E-state index contributed by atoms with van der Waals surface area (Å²) in [4.78, 5) is 45.6. The van der Waals surface area contributed by atoms with Crippen LogP contribution in [-0.2, 0) is 20.9 Å². The van der Waals surface area contributed by atoms with E-state index in [1.807, 2.05) is 6.07 Å². The molecule has 5 rings (SSSR count). The number of carbonyl (C=O) groups excluding carboxylic acids is 3. The lowest BCUT2D eigenvalue weighted by Crippen LogP contribution is -2.45. The third-order valence-corrected chi connectivity index (χ3v) is 7.28. The molecular weight excluding hydrogens is 527 g/mol. The van der Waals surface area contributed by atoms with Crippen molar-refractivity contribution in [1.82, 2.24) is 15.2 Å². The summed E-state index contributed by atoms with van der Waals surface area (Å²) in [5.41, 5.74) is 1.25. The zero-order chi connectivity index (χ0) is 28.6. The van der Waals surface area contributed by atoms with E-state index in [9.17, 15) is 18.8 Å². The van der Waals surface area contributed by atoms with E-state index in [0.717, 1.165) is 31.2 Å². The van der Waals surface area contributed by atoms with Gasteiger partial charge >= 0.3 is 0 Å². The Morgan fingerprint density at radius 3 is 2.51 bits per heavy atom. The number of nitrogens with zero attached hydrogens (tertiary/aromatic N) is 2. The lowest BCUT2D eigenvalue weighted by Gasteiger charge is -2.32. The number of pyridine rings is 1. The number of carbonyl (C=O) groups is 3. The maximum absolute atomic E-state index is 13.9. The Bertz CT molecular complexity index is 1360. The van der Waals surface area contributed by atoms with E-state index in [4.69, 9.17) is 9.47 Å². The number of fused-ring (bicyclic) bond motifs is 1. The van der Waals surface area contributed by atoms with E-state index in [0.29, 0.717) is 22.9 Å².